The van der Waals surface area contributed by atoms with Crippen molar-refractivity contribution in [3.05, 3.63) is 23.9 Å². The van der Waals surface area contributed by atoms with E-state index in [1.165, 1.54) is 12.8 Å². The highest BCUT2D eigenvalue weighted by Crippen LogP contribution is 2.37. The monoisotopic (exact) mass is 246 g/mol. The Labute approximate surface area is 106 Å². The van der Waals surface area contributed by atoms with Gasteiger partial charge in [0.15, 0.2) is 0 Å². The average molecular weight is 246 g/mol. The Balaban J connectivity index is 1.90. The summed E-state index contributed by atoms with van der Waals surface area (Å²) in [5.41, 5.74) is 12.1. The van der Waals surface area contributed by atoms with Crippen molar-refractivity contribution in [2.24, 2.45) is 23.3 Å². The van der Waals surface area contributed by atoms with Gasteiger partial charge in [-0.25, -0.2) is 4.98 Å². The maximum Gasteiger partial charge on any atom is 0.252 e. The Kier molecular flexibility index (Phi) is 2.70. The first-order valence-corrected chi connectivity index (χ1v) is 6.42. The lowest BCUT2D eigenvalue weighted by Gasteiger charge is -2.37. The average Bonchev–Trinajstić information content (AvgIpc) is 2.61. The molecule has 1 saturated heterocycles. The highest BCUT2D eigenvalue weighted by Gasteiger charge is 2.40. The minimum absolute atomic E-state index is 0.307. The van der Waals surface area contributed by atoms with E-state index in [2.05, 4.69) is 9.88 Å². The van der Waals surface area contributed by atoms with E-state index in [0.29, 0.717) is 29.3 Å². The third-order valence-corrected chi connectivity index (χ3v) is 4.26. The third kappa shape index (κ3) is 1.75. The van der Waals surface area contributed by atoms with Crippen LogP contribution in [0, 0.1) is 11.8 Å². The van der Waals surface area contributed by atoms with Gasteiger partial charge >= 0.3 is 0 Å². The Morgan fingerprint density at radius 2 is 2.00 bits per heavy atom. The number of nitrogens with zero attached hydrogens (tertiary/aromatic N) is 2. The molecule has 2 bridgehead atoms. The molecule has 0 spiro atoms. The van der Waals surface area contributed by atoms with Gasteiger partial charge in [-0.15, -0.1) is 0 Å². The van der Waals surface area contributed by atoms with Gasteiger partial charge in [-0.05, 0) is 36.8 Å². The number of pyridine rings is 1. The molecule has 2 aliphatic rings. The van der Waals surface area contributed by atoms with E-state index in [9.17, 15) is 4.79 Å². The minimum atomic E-state index is -0.416. The lowest BCUT2D eigenvalue weighted by atomic mass is 9.93. The zero-order chi connectivity index (χ0) is 12.7. The molecule has 1 aliphatic heterocycles. The van der Waals surface area contributed by atoms with Crippen LogP contribution < -0.4 is 16.4 Å². The number of carbonyl (C=O) groups is 1. The summed E-state index contributed by atoms with van der Waals surface area (Å²) in [6, 6.07) is 3.79. The highest BCUT2D eigenvalue weighted by atomic mass is 16.1. The van der Waals surface area contributed by atoms with Crippen LogP contribution in [0.1, 0.15) is 23.2 Å². The Hall–Kier alpha value is -1.62. The summed E-state index contributed by atoms with van der Waals surface area (Å²) in [4.78, 5) is 17.9. The van der Waals surface area contributed by atoms with E-state index < -0.39 is 5.91 Å². The summed E-state index contributed by atoms with van der Waals surface area (Å²) in [6.07, 6.45) is 4.07. The van der Waals surface area contributed by atoms with Gasteiger partial charge in [-0.1, -0.05) is 0 Å². The zero-order valence-corrected chi connectivity index (χ0v) is 10.2. The maximum atomic E-state index is 11.4. The molecule has 1 saturated carbocycles. The van der Waals surface area contributed by atoms with E-state index in [1.54, 1.807) is 18.3 Å². The number of piperidine rings is 1. The Bertz CT molecular complexity index is 462. The molecule has 5 nitrogen and oxygen atoms in total. The molecule has 3 atom stereocenters. The third-order valence-electron chi connectivity index (χ3n) is 4.26. The van der Waals surface area contributed by atoms with Gasteiger partial charge in [0.05, 0.1) is 5.56 Å². The molecule has 4 N–H and O–H groups in total. The quantitative estimate of drug-likeness (QED) is 0.788. The van der Waals surface area contributed by atoms with Crippen LogP contribution in [0.15, 0.2) is 18.3 Å². The molecule has 2 fully saturated rings. The van der Waals surface area contributed by atoms with E-state index >= 15 is 0 Å². The van der Waals surface area contributed by atoms with Crippen LogP contribution in [0.25, 0.3) is 0 Å². The number of amides is 1. The Morgan fingerprint density at radius 3 is 2.61 bits per heavy atom. The number of carbonyl (C=O) groups excluding carboxylic acids is 1. The van der Waals surface area contributed by atoms with Crippen molar-refractivity contribution >= 4 is 11.7 Å². The summed E-state index contributed by atoms with van der Waals surface area (Å²) < 4.78 is 0. The molecule has 0 aromatic carbocycles. The highest BCUT2D eigenvalue weighted by molar-refractivity contribution is 5.97. The molecule has 3 rings (SSSR count). The van der Waals surface area contributed by atoms with Gasteiger partial charge < -0.3 is 16.4 Å². The number of primary amides is 1. The molecule has 1 aromatic heterocycles. The maximum absolute atomic E-state index is 11.4. The number of fused-ring (bicyclic) bond motifs is 2. The standard InChI is InChI=1S/C13H18N4O/c14-11-8-3-4-9(11)7-17(6-8)13-10(12(15)18)2-1-5-16-13/h1-2,5,8-9,11H,3-4,6-7,14H2,(H2,15,18)/t8-,9+,11?. The van der Waals surface area contributed by atoms with E-state index in [4.69, 9.17) is 11.5 Å². The van der Waals surface area contributed by atoms with E-state index in [0.717, 1.165) is 13.1 Å². The summed E-state index contributed by atoms with van der Waals surface area (Å²) in [7, 11) is 0. The van der Waals surface area contributed by atoms with Gasteiger partial charge in [0, 0.05) is 25.3 Å². The van der Waals surface area contributed by atoms with Crippen molar-refractivity contribution in [1.29, 1.82) is 0 Å². The summed E-state index contributed by atoms with van der Waals surface area (Å²) in [6.45, 7) is 1.77. The van der Waals surface area contributed by atoms with Crippen LogP contribution in [0.3, 0.4) is 0 Å². The second kappa shape index (κ2) is 4.24. The summed E-state index contributed by atoms with van der Waals surface area (Å²) in [5.74, 6) is 1.34. The van der Waals surface area contributed by atoms with Crippen LogP contribution in [0.5, 0.6) is 0 Å². The van der Waals surface area contributed by atoms with Crippen molar-refractivity contribution in [3.8, 4) is 0 Å². The molecule has 5 heteroatoms. The molecule has 18 heavy (non-hydrogen) atoms. The second-order valence-electron chi connectivity index (χ2n) is 5.32. The molecule has 1 aliphatic carbocycles. The number of nitrogens with two attached hydrogens (primary N) is 2. The van der Waals surface area contributed by atoms with Gasteiger partial charge in [-0.2, -0.15) is 0 Å². The number of aromatic nitrogens is 1. The van der Waals surface area contributed by atoms with Crippen LogP contribution in [-0.2, 0) is 0 Å². The topological polar surface area (TPSA) is 85.2 Å². The first kappa shape index (κ1) is 11.5. The number of anilines is 1. The van der Waals surface area contributed by atoms with Crippen LogP contribution in [0.4, 0.5) is 5.82 Å². The van der Waals surface area contributed by atoms with Crippen LogP contribution >= 0.6 is 0 Å². The summed E-state index contributed by atoms with van der Waals surface area (Å²) in [5, 5.41) is 0. The van der Waals surface area contributed by atoms with Gasteiger partial charge in [0.2, 0.25) is 0 Å². The molecule has 1 unspecified atom stereocenters. The number of rotatable bonds is 2. The molecule has 1 aromatic rings. The predicted octanol–water partition coefficient (Wildman–Crippen LogP) is 0.354. The van der Waals surface area contributed by atoms with E-state index in [-0.39, 0.29) is 0 Å². The smallest absolute Gasteiger partial charge is 0.252 e. The number of hydrogen-bond acceptors (Lipinski definition) is 4. The lowest BCUT2D eigenvalue weighted by molar-refractivity contribution is 0.1000. The van der Waals surface area contributed by atoms with Crippen molar-refractivity contribution in [3.63, 3.8) is 0 Å². The zero-order valence-electron chi connectivity index (χ0n) is 10.2. The molecule has 2 heterocycles. The fourth-order valence-electron chi connectivity index (χ4n) is 3.28. The lowest BCUT2D eigenvalue weighted by Crippen LogP contribution is -2.49. The number of hydrogen-bond donors (Lipinski definition) is 2. The normalized spacial score (nSPS) is 30.5. The van der Waals surface area contributed by atoms with Crippen molar-refractivity contribution in [1.82, 2.24) is 4.98 Å². The first-order chi connectivity index (χ1) is 8.66. The van der Waals surface area contributed by atoms with E-state index in [1.807, 2.05) is 0 Å². The molecule has 1 amide bonds. The molecular weight excluding hydrogens is 228 g/mol. The van der Waals surface area contributed by atoms with Gasteiger partial charge in [0.25, 0.3) is 5.91 Å². The Morgan fingerprint density at radius 1 is 1.33 bits per heavy atom. The molecule has 96 valence electrons. The van der Waals surface area contributed by atoms with Crippen molar-refractivity contribution in [2.45, 2.75) is 18.9 Å². The second-order valence-corrected chi connectivity index (χ2v) is 5.32. The fourth-order valence-corrected chi connectivity index (χ4v) is 3.28. The molecular formula is C13H18N4O. The van der Waals surface area contributed by atoms with Crippen LogP contribution in [-0.4, -0.2) is 30.0 Å². The largest absolute Gasteiger partial charge is 0.365 e. The summed E-state index contributed by atoms with van der Waals surface area (Å²) >= 11 is 0. The van der Waals surface area contributed by atoms with Gasteiger partial charge in [0.1, 0.15) is 5.82 Å². The minimum Gasteiger partial charge on any atom is -0.365 e. The van der Waals surface area contributed by atoms with Crippen molar-refractivity contribution < 1.29 is 4.79 Å². The SMILES string of the molecule is NC(=O)c1cccnc1N1C[C@H]2CC[C@@H](C1)C2N. The predicted molar refractivity (Wildman–Crippen MR) is 69.2 cm³/mol. The van der Waals surface area contributed by atoms with Crippen LogP contribution in [0.2, 0.25) is 0 Å². The van der Waals surface area contributed by atoms with Gasteiger partial charge in [-0.3, -0.25) is 4.79 Å². The first-order valence-electron chi connectivity index (χ1n) is 6.42. The molecule has 0 radical (unpaired) electrons. The fraction of sp³-hybridized carbons (Fsp3) is 0.538. The van der Waals surface area contributed by atoms with Crippen molar-refractivity contribution in [2.75, 3.05) is 18.0 Å².